The van der Waals surface area contributed by atoms with Crippen LogP contribution in [0.1, 0.15) is 0 Å². The molecule has 0 fully saturated rings. The quantitative estimate of drug-likeness (QED) is 0.152. The van der Waals surface area contributed by atoms with Gasteiger partial charge in [-0.15, -0.1) is 0 Å². The van der Waals surface area contributed by atoms with Crippen molar-refractivity contribution in [2.75, 3.05) is 0 Å². The third-order valence-corrected chi connectivity index (χ3v) is 16.6. The molecular formula is C75H47N7. The highest BCUT2D eigenvalue weighted by atomic mass is 15.1. The number of rotatable bonds is 8. The molecule has 0 saturated heterocycles. The van der Waals surface area contributed by atoms with Crippen molar-refractivity contribution in [3.05, 3.63) is 285 Å². The third kappa shape index (κ3) is 7.00. The van der Waals surface area contributed by atoms with Gasteiger partial charge in [-0.3, -0.25) is 0 Å². The minimum Gasteiger partial charge on any atom is -0.309 e. The van der Waals surface area contributed by atoms with E-state index in [-0.39, 0.29) is 0 Å². The summed E-state index contributed by atoms with van der Waals surface area (Å²) in [5, 5.41) is 9.62. The maximum absolute atomic E-state index is 5.45. The average Bonchev–Trinajstić information content (AvgIpc) is 2.52. The van der Waals surface area contributed by atoms with E-state index in [0.29, 0.717) is 17.5 Å². The Morgan fingerprint density at radius 3 is 0.963 bits per heavy atom. The predicted octanol–water partition coefficient (Wildman–Crippen LogP) is 18.9. The van der Waals surface area contributed by atoms with Crippen molar-refractivity contribution < 1.29 is 0 Å². The van der Waals surface area contributed by atoms with Gasteiger partial charge < -0.3 is 18.3 Å². The molecule has 17 rings (SSSR count). The van der Waals surface area contributed by atoms with E-state index in [1.54, 1.807) is 0 Å². The molecule has 0 aliphatic carbocycles. The van der Waals surface area contributed by atoms with Crippen LogP contribution in [0.25, 0.3) is 155 Å². The lowest BCUT2D eigenvalue weighted by Crippen LogP contribution is -2.04. The van der Waals surface area contributed by atoms with Crippen LogP contribution in [0.4, 0.5) is 0 Å². The molecule has 7 heteroatoms. The number of aromatic nitrogens is 7. The summed E-state index contributed by atoms with van der Waals surface area (Å²) in [6, 6.07) is 102. The van der Waals surface area contributed by atoms with Gasteiger partial charge in [-0.05, 0) is 96.6 Å². The van der Waals surface area contributed by atoms with Crippen LogP contribution in [0, 0.1) is 0 Å². The van der Waals surface area contributed by atoms with Crippen LogP contribution in [0.5, 0.6) is 0 Å². The molecule has 17 aromatic rings. The Balaban J connectivity index is 0.901. The Hall–Kier alpha value is -11.2. The Bertz CT molecular complexity index is 5250. The van der Waals surface area contributed by atoms with Crippen LogP contribution in [0.15, 0.2) is 285 Å². The summed E-state index contributed by atoms with van der Waals surface area (Å²) >= 11 is 0. The van der Waals surface area contributed by atoms with Gasteiger partial charge in [0.25, 0.3) is 0 Å². The second-order valence-electron chi connectivity index (χ2n) is 21.1. The number of nitrogens with zero attached hydrogens (tertiary/aromatic N) is 7. The first kappa shape index (κ1) is 45.8. The predicted molar refractivity (Wildman–Crippen MR) is 339 cm³/mol. The van der Waals surface area contributed by atoms with Crippen molar-refractivity contribution in [2.45, 2.75) is 0 Å². The molecule has 0 atom stereocenters. The average molecular weight is 1050 g/mol. The molecule has 5 heterocycles. The molecular weight excluding hydrogens is 999 g/mol. The monoisotopic (exact) mass is 1050 g/mol. The summed E-state index contributed by atoms with van der Waals surface area (Å²) in [7, 11) is 0. The molecule has 12 aromatic carbocycles. The topological polar surface area (TPSA) is 58.4 Å². The first-order valence-corrected chi connectivity index (χ1v) is 27.9. The molecule has 0 bridgehead atoms. The van der Waals surface area contributed by atoms with E-state index < -0.39 is 0 Å². The van der Waals surface area contributed by atoms with E-state index in [1.165, 1.54) is 54.4 Å². The summed E-state index contributed by atoms with van der Waals surface area (Å²) < 4.78 is 9.65. The van der Waals surface area contributed by atoms with Gasteiger partial charge in [-0.1, -0.05) is 194 Å². The zero-order valence-electron chi connectivity index (χ0n) is 44.3. The summed E-state index contributed by atoms with van der Waals surface area (Å²) in [5.41, 5.74) is 18.2. The van der Waals surface area contributed by atoms with E-state index in [0.717, 1.165) is 83.4 Å². The summed E-state index contributed by atoms with van der Waals surface area (Å²) in [5.74, 6) is 1.78. The van der Waals surface area contributed by atoms with Crippen molar-refractivity contribution in [1.29, 1.82) is 0 Å². The molecule has 0 spiro atoms. The molecule has 5 aromatic heterocycles. The lowest BCUT2D eigenvalue weighted by Gasteiger charge is -2.18. The van der Waals surface area contributed by atoms with Crippen molar-refractivity contribution in [2.24, 2.45) is 0 Å². The fourth-order valence-corrected chi connectivity index (χ4v) is 13.0. The van der Waals surface area contributed by atoms with Crippen LogP contribution in [-0.2, 0) is 0 Å². The highest BCUT2D eigenvalue weighted by Gasteiger charge is 2.24. The zero-order chi connectivity index (χ0) is 53.8. The summed E-state index contributed by atoms with van der Waals surface area (Å²) in [4.78, 5) is 16.1. The molecule has 7 nitrogen and oxygen atoms in total. The largest absolute Gasteiger partial charge is 0.309 e. The fourth-order valence-electron chi connectivity index (χ4n) is 13.0. The first-order valence-electron chi connectivity index (χ1n) is 27.9. The van der Waals surface area contributed by atoms with Crippen LogP contribution in [0.2, 0.25) is 0 Å². The first-order chi connectivity index (χ1) is 40.7. The number of hydrogen-bond donors (Lipinski definition) is 0. The lowest BCUT2D eigenvalue weighted by molar-refractivity contribution is 1.06. The zero-order valence-corrected chi connectivity index (χ0v) is 44.3. The Kier molecular flexibility index (Phi) is 10.2. The van der Waals surface area contributed by atoms with Crippen LogP contribution in [0.3, 0.4) is 0 Å². The van der Waals surface area contributed by atoms with Gasteiger partial charge in [-0.25, -0.2) is 15.0 Å². The van der Waals surface area contributed by atoms with Crippen LogP contribution < -0.4 is 0 Å². The smallest absolute Gasteiger partial charge is 0.166 e. The van der Waals surface area contributed by atoms with Crippen LogP contribution >= 0.6 is 0 Å². The van der Waals surface area contributed by atoms with Gasteiger partial charge in [0.2, 0.25) is 0 Å². The van der Waals surface area contributed by atoms with Crippen molar-refractivity contribution in [3.8, 4) is 68.0 Å². The van der Waals surface area contributed by atoms with E-state index in [2.05, 4.69) is 267 Å². The second-order valence-corrected chi connectivity index (χ2v) is 21.1. The van der Waals surface area contributed by atoms with E-state index in [1.807, 2.05) is 36.4 Å². The second kappa shape index (κ2) is 18.2. The van der Waals surface area contributed by atoms with Gasteiger partial charge in [0.05, 0.1) is 55.5 Å². The maximum Gasteiger partial charge on any atom is 0.166 e. The number of para-hydroxylation sites is 7. The number of benzene rings is 12. The highest BCUT2D eigenvalue weighted by molar-refractivity contribution is 6.14. The Morgan fingerprint density at radius 1 is 0.195 bits per heavy atom. The SMILES string of the molecule is c1ccc(-c2nc(-c3ccccc3)nc(-c3cc(-c4ccccc4-n4c5ccccc5c5cc(-n6c7ccccc7c7ccccc76)ccc54)ccc3-n3c4ccccc4c4cc(-n5c6ccccc6c6ccccc65)ccc43)n2)cc1. The lowest BCUT2D eigenvalue weighted by atomic mass is 9.99. The van der Waals surface area contributed by atoms with Crippen molar-refractivity contribution in [3.63, 3.8) is 0 Å². The molecule has 0 radical (unpaired) electrons. The van der Waals surface area contributed by atoms with Gasteiger partial charge >= 0.3 is 0 Å². The van der Waals surface area contributed by atoms with E-state index >= 15 is 0 Å². The molecule has 0 aliphatic heterocycles. The summed E-state index contributed by atoms with van der Waals surface area (Å²) in [6.45, 7) is 0. The van der Waals surface area contributed by atoms with Gasteiger partial charge in [-0.2, -0.15) is 0 Å². The summed E-state index contributed by atoms with van der Waals surface area (Å²) in [6.07, 6.45) is 0. The normalized spacial score (nSPS) is 11.9. The van der Waals surface area contributed by atoms with E-state index in [4.69, 9.17) is 15.0 Å². The molecule has 82 heavy (non-hydrogen) atoms. The third-order valence-electron chi connectivity index (χ3n) is 16.6. The van der Waals surface area contributed by atoms with E-state index in [9.17, 15) is 0 Å². The molecule has 382 valence electrons. The van der Waals surface area contributed by atoms with Gasteiger partial charge in [0.1, 0.15) is 0 Å². The minimum atomic E-state index is 0.573. The maximum atomic E-state index is 5.45. The number of hydrogen-bond acceptors (Lipinski definition) is 3. The van der Waals surface area contributed by atoms with Crippen molar-refractivity contribution in [1.82, 2.24) is 33.2 Å². The molecule has 0 saturated carbocycles. The Morgan fingerprint density at radius 2 is 0.524 bits per heavy atom. The number of fused-ring (bicyclic) bond motifs is 12. The molecule has 0 amide bonds. The Labute approximate surface area is 471 Å². The van der Waals surface area contributed by atoms with Crippen molar-refractivity contribution >= 4 is 87.2 Å². The standard InChI is InChI=1S/C75H47N7/c1-3-21-48(22-4-1)73-76-74(49-23-5-2-6-24-49)78-75(77-73)62-45-50(39-42-72(62)82-69-38-20-13-31-59(69)61-47-52(41-44-71(61)82)80-66-35-17-10-28-56(66)57-29-11-18-36-67(57)80)53-25-7-14-32-63(53)81-68-37-19-12-30-58(68)60-46-51(40-43-70(60)81)79-64-33-15-8-26-54(64)55-27-9-16-34-65(55)79/h1-47H. The van der Waals surface area contributed by atoms with Gasteiger partial charge in [0.15, 0.2) is 17.5 Å². The van der Waals surface area contributed by atoms with Gasteiger partial charge in [0, 0.05) is 76.7 Å². The minimum absolute atomic E-state index is 0.573. The molecule has 0 N–H and O–H groups in total. The highest BCUT2D eigenvalue weighted by Crippen LogP contribution is 2.43. The van der Waals surface area contributed by atoms with Crippen LogP contribution in [-0.4, -0.2) is 33.2 Å². The molecule has 0 aliphatic rings. The molecule has 0 unspecified atom stereocenters. The fraction of sp³-hybridized carbons (Fsp3) is 0.